The van der Waals surface area contributed by atoms with Gasteiger partial charge in [0.1, 0.15) is 13.2 Å². The lowest BCUT2D eigenvalue weighted by Gasteiger charge is -2.20. The van der Waals surface area contributed by atoms with E-state index in [9.17, 15) is 0 Å². The Bertz CT molecular complexity index is 873. The molecule has 0 N–H and O–H groups in total. The maximum Gasteiger partial charge on any atom is 0.175 e. The first-order chi connectivity index (χ1) is 11.2. The largest absolute Gasteiger partial charge is 0.486 e. The summed E-state index contributed by atoms with van der Waals surface area (Å²) < 4.78 is 13.2. The normalized spacial score (nSPS) is 13.1. The molecule has 0 amide bonds. The third-order valence-corrected chi connectivity index (χ3v) is 3.73. The number of aryl methyl sites for hydroxylation is 2. The zero-order valence-electron chi connectivity index (χ0n) is 13.0. The number of rotatable bonds is 2. The van der Waals surface area contributed by atoms with Crippen LogP contribution in [0.5, 0.6) is 11.5 Å². The molecule has 6 nitrogen and oxygen atoms in total. The molecule has 23 heavy (non-hydrogen) atoms. The molecule has 4 rings (SSSR count). The van der Waals surface area contributed by atoms with Crippen LogP contribution in [0.25, 0.3) is 16.9 Å². The maximum atomic E-state index is 5.78. The Labute approximate surface area is 133 Å². The van der Waals surface area contributed by atoms with Crippen LogP contribution in [0.2, 0.25) is 0 Å². The lowest BCUT2D eigenvalue weighted by molar-refractivity contribution is 0.172. The molecule has 2 aromatic heterocycles. The summed E-state index contributed by atoms with van der Waals surface area (Å²) in [6.45, 7) is 4.97. The van der Waals surface area contributed by atoms with E-state index in [4.69, 9.17) is 9.47 Å². The van der Waals surface area contributed by atoms with Gasteiger partial charge in [0.05, 0.1) is 17.6 Å². The average Bonchev–Trinajstić information content (AvgIpc) is 3.06. The predicted molar refractivity (Wildman–Crippen MR) is 85.1 cm³/mol. The molecular weight excluding hydrogens is 292 g/mol. The van der Waals surface area contributed by atoms with E-state index in [0.717, 1.165) is 39.8 Å². The van der Waals surface area contributed by atoms with Crippen LogP contribution >= 0.6 is 0 Å². The molecule has 6 heteroatoms. The highest BCUT2D eigenvalue weighted by Gasteiger charge is 2.18. The standard InChI is InChI=1S/C17H16N4O2/c1-11-8-18-12(2)17(20-11)21-10-13(9-19-21)14-4-3-5-15-16(14)23-7-6-22-15/h3-5,8-10H,6-7H2,1-2H3. The van der Waals surface area contributed by atoms with Gasteiger partial charge in [-0.2, -0.15) is 5.10 Å². The second-order valence-corrected chi connectivity index (χ2v) is 5.42. The Balaban J connectivity index is 1.78. The van der Waals surface area contributed by atoms with Gasteiger partial charge in [-0.05, 0) is 19.9 Å². The molecule has 0 aliphatic carbocycles. The van der Waals surface area contributed by atoms with Crippen LogP contribution in [0.1, 0.15) is 11.4 Å². The Morgan fingerprint density at radius 1 is 1.09 bits per heavy atom. The molecule has 0 saturated heterocycles. The fraction of sp³-hybridized carbons (Fsp3) is 0.235. The quantitative estimate of drug-likeness (QED) is 0.728. The minimum Gasteiger partial charge on any atom is -0.486 e. The zero-order valence-corrected chi connectivity index (χ0v) is 13.0. The molecule has 1 aliphatic rings. The molecule has 0 bridgehead atoms. The van der Waals surface area contributed by atoms with Gasteiger partial charge in [0.15, 0.2) is 17.3 Å². The fourth-order valence-corrected chi connectivity index (χ4v) is 2.62. The van der Waals surface area contributed by atoms with Crippen molar-refractivity contribution in [2.75, 3.05) is 13.2 Å². The number of hydrogen-bond acceptors (Lipinski definition) is 5. The van der Waals surface area contributed by atoms with Crippen molar-refractivity contribution < 1.29 is 9.47 Å². The molecule has 3 heterocycles. The molecule has 0 radical (unpaired) electrons. The number of fused-ring (bicyclic) bond motifs is 1. The summed E-state index contributed by atoms with van der Waals surface area (Å²) >= 11 is 0. The first-order valence-electron chi connectivity index (χ1n) is 7.46. The Kier molecular flexibility index (Phi) is 3.22. The van der Waals surface area contributed by atoms with Crippen molar-refractivity contribution in [1.82, 2.24) is 19.7 Å². The van der Waals surface area contributed by atoms with Gasteiger partial charge in [0.2, 0.25) is 0 Å². The summed E-state index contributed by atoms with van der Waals surface area (Å²) in [5, 5.41) is 4.43. The van der Waals surface area contributed by atoms with Crippen molar-refractivity contribution in [2.24, 2.45) is 0 Å². The lowest BCUT2D eigenvalue weighted by atomic mass is 10.1. The first kappa shape index (κ1) is 13.8. The molecule has 0 spiro atoms. The van der Waals surface area contributed by atoms with Crippen molar-refractivity contribution in [3.05, 3.63) is 48.2 Å². The van der Waals surface area contributed by atoms with Crippen LogP contribution in [0, 0.1) is 13.8 Å². The first-order valence-corrected chi connectivity index (χ1v) is 7.46. The molecule has 0 atom stereocenters. The second kappa shape index (κ2) is 5.39. The summed E-state index contributed by atoms with van der Waals surface area (Å²) in [6, 6.07) is 5.88. The summed E-state index contributed by atoms with van der Waals surface area (Å²) in [4.78, 5) is 8.86. The molecule has 0 unspecified atom stereocenters. The number of nitrogens with zero attached hydrogens (tertiary/aromatic N) is 4. The van der Waals surface area contributed by atoms with Gasteiger partial charge in [-0.1, -0.05) is 12.1 Å². The maximum absolute atomic E-state index is 5.78. The van der Waals surface area contributed by atoms with Crippen molar-refractivity contribution in [1.29, 1.82) is 0 Å². The van der Waals surface area contributed by atoms with Crippen LogP contribution in [0.3, 0.4) is 0 Å². The van der Waals surface area contributed by atoms with Gasteiger partial charge in [-0.3, -0.25) is 4.98 Å². The van der Waals surface area contributed by atoms with E-state index in [1.54, 1.807) is 17.1 Å². The smallest absolute Gasteiger partial charge is 0.175 e. The molecule has 1 aliphatic heterocycles. The number of benzene rings is 1. The highest BCUT2D eigenvalue weighted by atomic mass is 16.6. The van der Waals surface area contributed by atoms with Crippen molar-refractivity contribution in [3.63, 3.8) is 0 Å². The van der Waals surface area contributed by atoms with E-state index in [1.807, 2.05) is 38.2 Å². The minimum absolute atomic E-state index is 0.556. The van der Waals surface area contributed by atoms with Crippen LogP contribution < -0.4 is 9.47 Å². The van der Waals surface area contributed by atoms with Gasteiger partial charge in [0, 0.05) is 23.5 Å². The average molecular weight is 308 g/mol. The van der Waals surface area contributed by atoms with Crippen molar-refractivity contribution in [2.45, 2.75) is 13.8 Å². The molecule has 1 aromatic carbocycles. The van der Waals surface area contributed by atoms with E-state index >= 15 is 0 Å². The summed E-state index contributed by atoms with van der Waals surface area (Å²) in [7, 11) is 0. The van der Waals surface area contributed by atoms with Gasteiger partial charge in [0.25, 0.3) is 0 Å². The van der Waals surface area contributed by atoms with Gasteiger partial charge in [-0.25, -0.2) is 9.67 Å². The Hall–Kier alpha value is -2.89. The number of ether oxygens (including phenoxy) is 2. The predicted octanol–water partition coefficient (Wildman–Crippen LogP) is 2.72. The number of para-hydroxylation sites is 1. The highest BCUT2D eigenvalue weighted by molar-refractivity contribution is 5.73. The SMILES string of the molecule is Cc1cnc(C)c(-n2cc(-c3cccc4c3OCCO4)cn2)n1. The van der Waals surface area contributed by atoms with Crippen molar-refractivity contribution >= 4 is 0 Å². The Morgan fingerprint density at radius 3 is 2.87 bits per heavy atom. The second-order valence-electron chi connectivity index (χ2n) is 5.42. The summed E-state index contributed by atoms with van der Waals surface area (Å²) in [5.41, 5.74) is 3.61. The van der Waals surface area contributed by atoms with E-state index < -0.39 is 0 Å². The monoisotopic (exact) mass is 308 g/mol. The van der Waals surface area contributed by atoms with E-state index in [1.165, 1.54) is 0 Å². The van der Waals surface area contributed by atoms with Crippen LogP contribution in [-0.2, 0) is 0 Å². The van der Waals surface area contributed by atoms with Gasteiger partial charge < -0.3 is 9.47 Å². The molecule has 3 aromatic rings. The van der Waals surface area contributed by atoms with Crippen LogP contribution in [0.15, 0.2) is 36.8 Å². The van der Waals surface area contributed by atoms with Gasteiger partial charge in [-0.15, -0.1) is 0 Å². The Morgan fingerprint density at radius 2 is 1.96 bits per heavy atom. The zero-order chi connectivity index (χ0) is 15.8. The van der Waals surface area contributed by atoms with Gasteiger partial charge >= 0.3 is 0 Å². The third-order valence-electron chi connectivity index (χ3n) is 3.73. The number of aromatic nitrogens is 4. The molecular formula is C17H16N4O2. The fourth-order valence-electron chi connectivity index (χ4n) is 2.62. The van der Waals surface area contributed by atoms with Crippen LogP contribution in [-0.4, -0.2) is 33.0 Å². The molecule has 0 fully saturated rings. The van der Waals surface area contributed by atoms with E-state index in [-0.39, 0.29) is 0 Å². The topological polar surface area (TPSA) is 62.1 Å². The van der Waals surface area contributed by atoms with Crippen molar-refractivity contribution in [3.8, 4) is 28.4 Å². The molecule has 116 valence electrons. The van der Waals surface area contributed by atoms with Crippen LogP contribution in [0.4, 0.5) is 0 Å². The highest BCUT2D eigenvalue weighted by Crippen LogP contribution is 2.39. The van der Waals surface area contributed by atoms with E-state index in [2.05, 4.69) is 15.1 Å². The lowest BCUT2D eigenvalue weighted by Crippen LogP contribution is -2.15. The summed E-state index contributed by atoms with van der Waals surface area (Å²) in [5.74, 6) is 2.27. The third kappa shape index (κ3) is 2.42. The molecule has 0 saturated carbocycles. The number of hydrogen-bond donors (Lipinski definition) is 0. The van der Waals surface area contributed by atoms with E-state index in [0.29, 0.717) is 13.2 Å². The minimum atomic E-state index is 0.556. The summed E-state index contributed by atoms with van der Waals surface area (Å²) in [6.07, 6.45) is 5.49.